The van der Waals surface area contributed by atoms with Gasteiger partial charge in [0.1, 0.15) is 0 Å². The second kappa shape index (κ2) is 7.53. The topological polar surface area (TPSA) is 12.0 Å². The summed E-state index contributed by atoms with van der Waals surface area (Å²) in [4.78, 5) is 0. The first-order valence-electron chi connectivity index (χ1n) is 7.36. The van der Waals surface area contributed by atoms with Gasteiger partial charge in [-0.3, -0.25) is 0 Å². The summed E-state index contributed by atoms with van der Waals surface area (Å²) in [5, 5.41) is 4.62. The molecule has 2 rings (SSSR count). The van der Waals surface area contributed by atoms with Crippen molar-refractivity contribution in [3.8, 4) is 0 Å². The van der Waals surface area contributed by atoms with Crippen molar-refractivity contribution in [2.45, 2.75) is 50.3 Å². The Morgan fingerprint density at radius 3 is 2.90 bits per heavy atom. The molecule has 2 atom stereocenters. The average Bonchev–Trinajstić information content (AvgIpc) is 2.84. The van der Waals surface area contributed by atoms with E-state index in [4.69, 9.17) is 11.6 Å². The molecule has 1 aliphatic heterocycles. The van der Waals surface area contributed by atoms with Crippen LogP contribution >= 0.6 is 39.3 Å². The first-order valence-corrected chi connectivity index (χ1v) is 9.52. The fourth-order valence-electron chi connectivity index (χ4n) is 2.81. The van der Waals surface area contributed by atoms with Crippen molar-refractivity contribution in [2.75, 3.05) is 12.3 Å². The predicted molar refractivity (Wildman–Crippen MR) is 95.0 cm³/mol. The molecule has 1 N–H and O–H groups in total. The van der Waals surface area contributed by atoms with Crippen LogP contribution in [0.15, 0.2) is 22.7 Å². The van der Waals surface area contributed by atoms with Gasteiger partial charge in [0.05, 0.1) is 0 Å². The molecule has 0 radical (unpaired) electrons. The molecule has 4 heteroatoms. The van der Waals surface area contributed by atoms with Gasteiger partial charge in [0, 0.05) is 20.3 Å². The third-order valence-corrected chi connectivity index (χ3v) is 6.55. The van der Waals surface area contributed by atoms with E-state index in [0.29, 0.717) is 10.8 Å². The maximum Gasteiger partial charge on any atom is 0.0449 e. The third-order valence-electron chi connectivity index (χ3n) is 4.07. The minimum absolute atomic E-state index is 0.339. The lowest BCUT2D eigenvalue weighted by molar-refractivity contribution is 0.399. The molecule has 0 amide bonds. The molecular weight excluding hydrogens is 354 g/mol. The van der Waals surface area contributed by atoms with Crippen molar-refractivity contribution in [3.05, 3.63) is 33.3 Å². The van der Waals surface area contributed by atoms with Crippen LogP contribution in [0.25, 0.3) is 0 Å². The van der Waals surface area contributed by atoms with Gasteiger partial charge in [-0.1, -0.05) is 40.5 Å². The molecule has 1 fully saturated rings. The van der Waals surface area contributed by atoms with Crippen molar-refractivity contribution in [2.24, 2.45) is 0 Å². The Morgan fingerprint density at radius 2 is 2.30 bits per heavy atom. The lowest BCUT2D eigenvalue weighted by Gasteiger charge is -2.34. The molecule has 1 nitrogen and oxygen atoms in total. The highest BCUT2D eigenvalue weighted by Crippen LogP contribution is 2.41. The molecule has 0 aromatic heterocycles. The van der Waals surface area contributed by atoms with Gasteiger partial charge in [0.25, 0.3) is 0 Å². The number of hydrogen-bond acceptors (Lipinski definition) is 2. The zero-order chi connectivity index (χ0) is 14.6. The van der Waals surface area contributed by atoms with E-state index < -0.39 is 0 Å². The van der Waals surface area contributed by atoms with E-state index in [2.05, 4.69) is 59.0 Å². The molecule has 0 aliphatic carbocycles. The number of nitrogens with one attached hydrogen (secondary N) is 1. The van der Waals surface area contributed by atoms with Crippen LogP contribution < -0.4 is 5.32 Å². The number of thioether (sulfide) groups is 1. The highest BCUT2D eigenvalue weighted by molar-refractivity contribution is 9.10. The fraction of sp³-hybridized carbons (Fsp3) is 0.625. The zero-order valence-electron chi connectivity index (χ0n) is 12.2. The van der Waals surface area contributed by atoms with Gasteiger partial charge in [0.2, 0.25) is 0 Å². The quantitative estimate of drug-likeness (QED) is 0.723. The monoisotopic (exact) mass is 375 g/mol. The highest BCUT2D eigenvalue weighted by Gasteiger charge is 2.37. The molecule has 0 bridgehead atoms. The molecule has 1 saturated heterocycles. The van der Waals surface area contributed by atoms with E-state index in [1.54, 1.807) is 0 Å². The molecule has 1 heterocycles. The van der Waals surface area contributed by atoms with Crippen LogP contribution in [-0.4, -0.2) is 23.1 Å². The van der Waals surface area contributed by atoms with Crippen molar-refractivity contribution >= 4 is 39.3 Å². The van der Waals surface area contributed by atoms with Crippen molar-refractivity contribution < 1.29 is 0 Å². The SMILES string of the molecule is CCCNC(Cc1ccc(Br)cc1Cl)C1(C)CCCS1. The predicted octanol–water partition coefficient (Wildman–Crippen LogP) is 5.30. The van der Waals surface area contributed by atoms with Crippen LogP contribution in [0.3, 0.4) is 0 Å². The molecule has 2 unspecified atom stereocenters. The van der Waals surface area contributed by atoms with Gasteiger partial charge in [-0.25, -0.2) is 0 Å². The van der Waals surface area contributed by atoms with Gasteiger partial charge in [-0.05, 0) is 62.6 Å². The lowest BCUT2D eigenvalue weighted by Crippen LogP contribution is -2.47. The first-order chi connectivity index (χ1) is 9.55. The largest absolute Gasteiger partial charge is 0.312 e. The van der Waals surface area contributed by atoms with E-state index in [1.807, 2.05) is 6.07 Å². The van der Waals surface area contributed by atoms with Crippen LogP contribution in [0.5, 0.6) is 0 Å². The number of hydrogen-bond donors (Lipinski definition) is 1. The Kier molecular flexibility index (Phi) is 6.27. The fourth-order valence-corrected chi connectivity index (χ4v) is 4.97. The van der Waals surface area contributed by atoms with Gasteiger partial charge in [-0.15, -0.1) is 0 Å². The van der Waals surface area contributed by atoms with Crippen LogP contribution in [0.1, 0.15) is 38.7 Å². The molecule has 1 aromatic rings. The number of rotatable bonds is 6. The maximum atomic E-state index is 6.40. The standard InChI is InChI=1S/C16H23BrClNS/c1-3-8-19-15(16(2)7-4-9-20-16)10-12-5-6-13(17)11-14(12)18/h5-6,11,15,19H,3-4,7-10H2,1-2H3. The van der Waals surface area contributed by atoms with Gasteiger partial charge < -0.3 is 5.32 Å². The Bertz CT molecular complexity index is 446. The Balaban J connectivity index is 2.14. The van der Waals surface area contributed by atoms with E-state index in [1.165, 1.54) is 30.6 Å². The minimum atomic E-state index is 0.339. The number of halogens is 2. The minimum Gasteiger partial charge on any atom is -0.312 e. The molecule has 112 valence electrons. The van der Waals surface area contributed by atoms with Gasteiger partial charge >= 0.3 is 0 Å². The normalized spacial score (nSPS) is 24.0. The third kappa shape index (κ3) is 4.16. The van der Waals surface area contributed by atoms with E-state index >= 15 is 0 Å². The number of benzene rings is 1. The van der Waals surface area contributed by atoms with Crippen molar-refractivity contribution in [3.63, 3.8) is 0 Å². The summed E-state index contributed by atoms with van der Waals surface area (Å²) in [5.41, 5.74) is 1.25. The van der Waals surface area contributed by atoms with Crippen LogP contribution in [0, 0.1) is 0 Å². The zero-order valence-corrected chi connectivity index (χ0v) is 15.4. The maximum absolute atomic E-state index is 6.40. The summed E-state index contributed by atoms with van der Waals surface area (Å²) in [7, 11) is 0. The summed E-state index contributed by atoms with van der Waals surface area (Å²) in [6, 6.07) is 6.73. The smallest absolute Gasteiger partial charge is 0.0449 e. The molecule has 1 aliphatic rings. The van der Waals surface area contributed by atoms with E-state index in [-0.39, 0.29) is 0 Å². The summed E-state index contributed by atoms with van der Waals surface area (Å²) in [6.45, 7) is 5.71. The van der Waals surface area contributed by atoms with Crippen LogP contribution in [0.2, 0.25) is 5.02 Å². The first kappa shape index (κ1) is 16.7. The molecule has 0 spiro atoms. The van der Waals surface area contributed by atoms with E-state index in [9.17, 15) is 0 Å². The molecule has 20 heavy (non-hydrogen) atoms. The lowest BCUT2D eigenvalue weighted by atomic mass is 9.90. The molecular formula is C16H23BrClNS. The van der Waals surface area contributed by atoms with E-state index in [0.717, 1.165) is 22.5 Å². The van der Waals surface area contributed by atoms with Gasteiger partial charge in [-0.2, -0.15) is 11.8 Å². The van der Waals surface area contributed by atoms with Gasteiger partial charge in [0.15, 0.2) is 0 Å². The van der Waals surface area contributed by atoms with Crippen LogP contribution in [-0.2, 0) is 6.42 Å². The Hall–Kier alpha value is 0.300. The highest BCUT2D eigenvalue weighted by atomic mass is 79.9. The Morgan fingerprint density at radius 1 is 1.50 bits per heavy atom. The molecule has 1 aromatic carbocycles. The summed E-state index contributed by atoms with van der Waals surface area (Å²) >= 11 is 12.0. The van der Waals surface area contributed by atoms with Crippen LogP contribution in [0.4, 0.5) is 0 Å². The average molecular weight is 377 g/mol. The van der Waals surface area contributed by atoms with Crippen molar-refractivity contribution in [1.82, 2.24) is 5.32 Å². The Labute approximate surface area is 140 Å². The van der Waals surface area contributed by atoms with Crippen molar-refractivity contribution in [1.29, 1.82) is 0 Å². The second-order valence-electron chi connectivity index (χ2n) is 5.71. The summed E-state index contributed by atoms with van der Waals surface area (Å²) < 4.78 is 1.39. The summed E-state index contributed by atoms with van der Waals surface area (Å²) in [5.74, 6) is 1.29. The summed E-state index contributed by atoms with van der Waals surface area (Å²) in [6.07, 6.45) is 4.81. The second-order valence-corrected chi connectivity index (χ2v) is 8.66. The molecule has 0 saturated carbocycles.